The van der Waals surface area contributed by atoms with Crippen molar-refractivity contribution in [1.82, 2.24) is 5.32 Å². The highest BCUT2D eigenvalue weighted by molar-refractivity contribution is 6.31. The zero-order chi connectivity index (χ0) is 12.3. The summed E-state index contributed by atoms with van der Waals surface area (Å²) in [5.41, 5.74) is 0.327. The van der Waals surface area contributed by atoms with Crippen LogP contribution in [0.2, 0.25) is 5.02 Å². The summed E-state index contributed by atoms with van der Waals surface area (Å²) in [5, 5.41) is 15.5. The van der Waals surface area contributed by atoms with E-state index in [1.165, 1.54) is 12.1 Å². The number of benzene rings is 1. The van der Waals surface area contributed by atoms with Crippen LogP contribution < -0.4 is 10.6 Å². The molecule has 0 unspecified atom stereocenters. The van der Waals surface area contributed by atoms with Gasteiger partial charge in [0.05, 0.1) is 5.69 Å². The predicted molar refractivity (Wildman–Crippen MR) is 67.5 cm³/mol. The van der Waals surface area contributed by atoms with Crippen molar-refractivity contribution in [3.05, 3.63) is 23.2 Å². The van der Waals surface area contributed by atoms with Gasteiger partial charge in [-0.3, -0.25) is 0 Å². The fourth-order valence-corrected chi connectivity index (χ4v) is 2.19. The van der Waals surface area contributed by atoms with Crippen LogP contribution in [0.25, 0.3) is 0 Å². The molecule has 0 heterocycles. The van der Waals surface area contributed by atoms with Gasteiger partial charge in [-0.1, -0.05) is 24.4 Å². The molecule has 0 bridgehead atoms. The zero-order valence-corrected chi connectivity index (χ0v) is 10.1. The molecule has 1 aliphatic carbocycles. The van der Waals surface area contributed by atoms with Crippen LogP contribution in [0.15, 0.2) is 18.2 Å². The Bertz CT molecular complexity index is 417. The van der Waals surface area contributed by atoms with E-state index in [9.17, 15) is 9.90 Å². The molecular weight excluding hydrogens is 240 g/mol. The number of urea groups is 1. The van der Waals surface area contributed by atoms with E-state index in [0.29, 0.717) is 10.7 Å². The quantitative estimate of drug-likeness (QED) is 0.710. The van der Waals surface area contributed by atoms with E-state index < -0.39 is 0 Å². The van der Waals surface area contributed by atoms with Gasteiger partial charge in [-0.05, 0) is 31.0 Å². The summed E-state index contributed by atoms with van der Waals surface area (Å²) in [6.45, 7) is 0. The van der Waals surface area contributed by atoms with Crippen molar-refractivity contribution < 1.29 is 9.90 Å². The molecule has 0 aromatic heterocycles. The third-order valence-corrected chi connectivity index (χ3v) is 3.13. The lowest BCUT2D eigenvalue weighted by Gasteiger charge is -2.13. The average Bonchev–Trinajstić information content (AvgIpc) is 2.76. The molecule has 92 valence electrons. The van der Waals surface area contributed by atoms with Crippen LogP contribution in [0.5, 0.6) is 5.75 Å². The van der Waals surface area contributed by atoms with E-state index in [-0.39, 0.29) is 17.8 Å². The fourth-order valence-electron chi connectivity index (χ4n) is 2.02. The zero-order valence-electron chi connectivity index (χ0n) is 9.37. The standard InChI is InChI=1S/C12H15ClN2O2/c13-8-5-6-11(16)10(7-8)15-12(17)14-9-3-1-2-4-9/h5-7,9,16H,1-4H2,(H2,14,15,17). The molecule has 0 radical (unpaired) electrons. The molecule has 17 heavy (non-hydrogen) atoms. The number of amides is 2. The van der Waals surface area contributed by atoms with Crippen molar-refractivity contribution >= 4 is 23.3 Å². The second-order valence-corrected chi connectivity index (χ2v) is 4.68. The second kappa shape index (κ2) is 5.27. The van der Waals surface area contributed by atoms with Crippen molar-refractivity contribution in [1.29, 1.82) is 0 Å². The predicted octanol–water partition coefficient (Wildman–Crippen LogP) is 3.11. The number of rotatable bonds is 2. The van der Waals surface area contributed by atoms with Crippen molar-refractivity contribution in [3.8, 4) is 5.75 Å². The van der Waals surface area contributed by atoms with E-state index in [0.717, 1.165) is 25.7 Å². The summed E-state index contributed by atoms with van der Waals surface area (Å²) in [5.74, 6) is 0.0102. The van der Waals surface area contributed by atoms with Crippen LogP contribution in [-0.4, -0.2) is 17.2 Å². The molecule has 0 atom stereocenters. The van der Waals surface area contributed by atoms with E-state index in [1.54, 1.807) is 6.07 Å². The highest BCUT2D eigenvalue weighted by atomic mass is 35.5. The average molecular weight is 255 g/mol. The maximum absolute atomic E-state index is 11.7. The van der Waals surface area contributed by atoms with Crippen LogP contribution in [-0.2, 0) is 0 Å². The van der Waals surface area contributed by atoms with Crippen LogP contribution in [0.3, 0.4) is 0 Å². The van der Waals surface area contributed by atoms with Crippen LogP contribution >= 0.6 is 11.6 Å². The summed E-state index contributed by atoms with van der Waals surface area (Å²) in [7, 11) is 0. The van der Waals surface area contributed by atoms with Crippen molar-refractivity contribution in [2.75, 3.05) is 5.32 Å². The Morgan fingerprint density at radius 1 is 1.35 bits per heavy atom. The number of phenols is 1. The molecule has 1 fully saturated rings. The maximum atomic E-state index is 11.7. The molecule has 1 aromatic rings. The summed E-state index contributed by atoms with van der Waals surface area (Å²) in [6.07, 6.45) is 4.37. The number of carbonyl (C=O) groups is 1. The third-order valence-electron chi connectivity index (χ3n) is 2.90. The minimum Gasteiger partial charge on any atom is -0.506 e. The first-order valence-electron chi connectivity index (χ1n) is 5.71. The lowest BCUT2D eigenvalue weighted by molar-refractivity contribution is 0.248. The van der Waals surface area contributed by atoms with Gasteiger partial charge in [-0.25, -0.2) is 4.79 Å². The largest absolute Gasteiger partial charge is 0.506 e. The first-order valence-corrected chi connectivity index (χ1v) is 6.09. The number of carbonyl (C=O) groups excluding carboxylic acids is 1. The molecule has 2 rings (SSSR count). The van der Waals surface area contributed by atoms with Crippen LogP contribution in [0.1, 0.15) is 25.7 Å². The number of hydrogen-bond acceptors (Lipinski definition) is 2. The molecule has 0 spiro atoms. The Kier molecular flexibility index (Phi) is 3.74. The van der Waals surface area contributed by atoms with Gasteiger partial charge >= 0.3 is 6.03 Å². The van der Waals surface area contributed by atoms with Gasteiger partial charge < -0.3 is 15.7 Å². The molecule has 1 aromatic carbocycles. The molecule has 0 saturated heterocycles. The van der Waals surface area contributed by atoms with Gasteiger partial charge in [0.1, 0.15) is 5.75 Å². The highest BCUT2D eigenvalue weighted by Crippen LogP contribution is 2.26. The normalized spacial score (nSPS) is 15.8. The van der Waals surface area contributed by atoms with E-state index in [2.05, 4.69) is 10.6 Å². The molecule has 4 nitrogen and oxygen atoms in total. The van der Waals surface area contributed by atoms with Gasteiger partial charge in [-0.15, -0.1) is 0 Å². The van der Waals surface area contributed by atoms with Crippen molar-refractivity contribution in [3.63, 3.8) is 0 Å². The number of aromatic hydroxyl groups is 1. The number of phenolic OH excluding ortho intramolecular Hbond substituents is 1. The molecule has 2 amide bonds. The Labute approximate surface area is 105 Å². The summed E-state index contributed by atoms with van der Waals surface area (Å²) >= 11 is 5.79. The van der Waals surface area contributed by atoms with Crippen molar-refractivity contribution in [2.24, 2.45) is 0 Å². The SMILES string of the molecule is O=C(Nc1cc(Cl)ccc1O)NC1CCCC1. The van der Waals surface area contributed by atoms with Gasteiger partial charge in [0, 0.05) is 11.1 Å². The minimum atomic E-state index is -0.297. The van der Waals surface area contributed by atoms with Crippen LogP contribution in [0.4, 0.5) is 10.5 Å². The topological polar surface area (TPSA) is 61.4 Å². The Morgan fingerprint density at radius 3 is 2.76 bits per heavy atom. The van der Waals surface area contributed by atoms with E-state index in [4.69, 9.17) is 11.6 Å². The summed E-state index contributed by atoms with van der Waals surface area (Å²) in [6, 6.07) is 4.49. The first kappa shape index (κ1) is 12.0. The third kappa shape index (κ3) is 3.27. The second-order valence-electron chi connectivity index (χ2n) is 4.24. The molecular formula is C12H15ClN2O2. The molecule has 1 saturated carbocycles. The minimum absolute atomic E-state index is 0.0102. The summed E-state index contributed by atoms with van der Waals surface area (Å²) < 4.78 is 0. The van der Waals surface area contributed by atoms with Gasteiger partial charge in [-0.2, -0.15) is 0 Å². The van der Waals surface area contributed by atoms with Crippen molar-refractivity contribution in [2.45, 2.75) is 31.7 Å². The lowest BCUT2D eigenvalue weighted by atomic mass is 10.2. The number of nitrogens with one attached hydrogen (secondary N) is 2. The number of halogens is 1. The van der Waals surface area contributed by atoms with E-state index >= 15 is 0 Å². The lowest BCUT2D eigenvalue weighted by Crippen LogP contribution is -2.36. The molecule has 3 N–H and O–H groups in total. The first-order chi connectivity index (χ1) is 8.15. The van der Waals surface area contributed by atoms with Gasteiger partial charge in [0.2, 0.25) is 0 Å². The summed E-state index contributed by atoms with van der Waals surface area (Å²) in [4.78, 5) is 11.7. The molecule has 5 heteroatoms. The molecule has 0 aliphatic heterocycles. The molecule has 1 aliphatic rings. The Morgan fingerprint density at radius 2 is 2.06 bits per heavy atom. The number of anilines is 1. The number of hydrogen-bond donors (Lipinski definition) is 3. The van der Waals surface area contributed by atoms with Crippen LogP contribution in [0, 0.1) is 0 Å². The van der Waals surface area contributed by atoms with E-state index in [1.807, 2.05) is 0 Å². The fraction of sp³-hybridized carbons (Fsp3) is 0.417. The highest BCUT2D eigenvalue weighted by Gasteiger charge is 2.17. The van der Waals surface area contributed by atoms with Gasteiger partial charge in [0.15, 0.2) is 0 Å². The monoisotopic (exact) mass is 254 g/mol. The maximum Gasteiger partial charge on any atom is 0.319 e. The Hall–Kier alpha value is -1.42. The van der Waals surface area contributed by atoms with Gasteiger partial charge in [0.25, 0.3) is 0 Å². The smallest absolute Gasteiger partial charge is 0.319 e. The Balaban J connectivity index is 1.95.